The predicted molar refractivity (Wildman–Crippen MR) is 111 cm³/mol. The molecule has 1 amide bonds. The summed E-state index contributed by atoms with van der Waals surface area (Å²) in [6.45, 7) is 10.9. The van der Waals surface area contributed by atoms with Gasteiger partial charge in [0.1, 0.15) is 11.4 Å². The fraction of sp³-hybridized carbons (Fsp3) is 0.667. The van der Waals surface area contributed by atoms with E-state index >= 15 is 0 Å². The number of methoxy groups -OCH3 is 1. The van der Waals surface area contributed by atoms with E-state index in [1.54, 1.807) is 25.3 Å². The maximum Gasteiger partial charge on any atom is 0.256 e. The Morgan fingerprint density at radius 3 is 2.37 bits per heavy atom. The van der Waals surface area contributed by atoms with E-state index in [1.807, 2.05) is 34.6 Å². The quantitative estimate of drug-likeness (QED) is 0.507. The first kappa shape index (κ1) is 23.7. The molecule has 0 saturated carbocycles. The molecule has 0 unspecified atom stereocenters. The van der Waals surface area contributed by atoms with Gasteiger partial charge in [-0.3, -0.25) is 4.79 Å². The summed E-state index contributed by atoms with van der Waals surface area (Å²) in [5.41, 5.74) is -0.474. The number of ether oxygens (including phenoxy) is 3. The molecular formula is C21H34ClNO4. The van der Waals surface area contributed by atoms with Crippen LogP contribution in [0.5, 0.6) is 5.75 Å². The van der Waals surface area contributed by atoms with E-state index in [0.717, 1.165) is 19.3 Å². The summed E-state index contributed by atoms with van der Waals surface area (Å²) in [6, 6.07) is 5.25. The second-order valence-corrected chi connectivity index (χ2v) is 7.90. The summed E-state index contributed by atoms with van der Waals surface area (Å²) in [5.74, 6) is 0.421. The lowest BCUT2D eigenvalue weighted by molar-refractivity contribution is -0.140. The average Bonchev–Trinajstić information content (AvgIpc) is 2.62. The van der Waals surface area contributed by atoms with Crippen LogP contribution in [-0.4, -0.2) is 37.4 Å². The number of rotatable bonds is 12. The van der Waals surface area contributed by atoms with Crippen LogP contribution in [0, 0.1) is 0 Å². The van der Waals surface area contributed by atoms with Crippen LogP contribution in [0.4, 0.5) is 5.69 Å². The van der Waals surface area contributed by atoms with Gasteiger partial charge in [0.25, 0.3) is 5.91 Å². The molecule has 5 nitrogen and oxygen atoms in total. The molecule has 6 heteroatoms. The van der Waals surface area contributed by atoms with Crippen molar-refractivity contribution in [2.75, 3.05) is 25.6 Å². The van der Waals surface area contributed by atoms with E-state index < -0.39 is 5.60 Å². The highest BCUT2D eigenvalue weighted by Gasteiger charge is 2.33. The number of anilines is 1. The van der Waals surface area contributed by atoms with Gasteiger partial charge in [-0.1, -0.05) is 31.9 Å². The molecule has 0 aliphatic carbocycles. The fourth-order valence-corrected chi connectivity index (χ4v) is 2.76. The van der Waals surface area contributed by atoms with Gasteiger partial charge in [0.15, 0.2) is 0 Å². The van der Waals surface area contributed by atoms with Crippen molar-refractivity contribution in [3.63, 3.8) is 0 Å². The molecule has 0 saturated heterocycles. The van der Waals surface area contributed by atoms with Crippen molar-refractivity contribution in [1.29, 1.82) is 0 Å². The largest absolute Gasteiger partial charge is 0.492 e. The first-order valence-corrected chi connectivity index (χ1v) is 9.98. The molecule has 0 aromatic heterocycles. The molecule has 1 aromatic rings. The van der Waals surface area contributed by atoms with Crippen LogP contribution >= 0.6 is 11.6 Å². The van der Waals surface area contributed by atoms with Gasteiger partial charge in [-0.25, -0.2) is 0 Å². The minimum Gasteiger partial charge on any atom is -0.492 e. The Bertz CT molecular complexity index is 606. The summed E-state index contributed by atoms with van der Waals surface area (Å²) in [4.78, 5) is 12.7. The monoisotopic (exact) mass is 399 g/mol. The zero-order valence-corrected chi connectivity index (χ0v) is 18.2. The second kappa shape index (κ2) is 10.9. The molecule has 1 aromatic carbocycles. The molecule has 0 aliphatic rings. The number of nitrogens with one attached hydrogen (secondary N) is 1. The smallest absolute Gasteiger partial charge is 0.256 e. The van der Waals surface area contributed by atoms with Crippen LogP contribution < -0.4 is 10.1 Å². The lowest BCUT2D eigenvalue weighted by atomic mass is 9.99. The third-order valence-corrected chi connectivity index (χ3v) is 4.83. The van der Waals surface area contributed by atoms with E-state index in [1.165, 1.54) is 0 Å². The minimum absolute atomic E-state index is 0.163. The lowest BCUT2D eigenvalue weighted by Gasteiger charge is -2.28. The Balaban J connectivity index is 2.73. The summed E-state index contributed by atoms with van der Waals surface area (Å²) in [5, 5.41) is 3.36. The van der Waals surface area contributed by atoms with Crippen molar-refractivity contribution in [3.8, 4) is 5.75 Å². The lowest BCUT2D eigenvalue weighted by Crippen LogP contribution is -2.43. The van der Waals surface area contributed by atoms with Crippen LogP contribution in [0.3, 0.4) is 0 Å². The number of hydrogen-bond acceptors (Lipinski definition) is 4. The van der Waals surface area contributed by atoms with Crippen molar-refractivity contribution in [1.82, 2.24) is 0 Å². The molecule has 0 aliphatic heterocycles. The number of hydrogen-bond donors (Lipinski definition) is 1. The number of halogens is 1. The number of benzene rings is 1. The van der Waals surface area contributed by atoms with E-state index in [4.69, 9.17) is 25.8 Å². The van der Waals surface area contributed by atoms with E-state index in [2.05, 4.69) is 5.32 Å². The molecule has 0 heterocycles. The van der Waals surface area contributed by atoms with E-state index in [9.17, 15) is 4.79 Å². The van der Waals surface area contributed by atoms with Gasteiger partial charge in [-0.2, -0.15) is 0 Å². The Labute approximate surface area is 168 Å². The van der Waals surface area contributed by atoms with Gasteiger partial charge in [-0.05, 0) is 51.8 Å². The third-order valence-electron chi connectivity index (χ3n) is 4.54. The van der Waals surface area contributed by atoms with E-state index in [-0.39, 0.29) is 11.5 Å². The topological polar surface area (TPSA) is 56.8 Å². The van der Waals surface area contributed by atoms with Gasteiger partial charge in [0.2, 0.25) is 0 Å². The highest BCUT2D eigenvalue weighted by atomic mass is 35.5. The van der Waals surface area contributed by atoms with Gasteiger partial charge in [0.05, 0.1) is 17.2 Å². The first-order chi connectivity index (χ1) is 12.7. The maximum atomic E-state index is 12.7. The SMILES string of the molecule is CCCO[C@@](C)(CCC)C(=O)Nc1ccc(OCCC(C)(C)OC)c(Cl)c1. The van der Waals surface area contributed by atoms with Gasteiger partial charge in [-0.15, -0.1) is 0 Å². The minimum atomic E-state index is -0.849. The van der Waals surface area contributed by atoms with E-state index in [0.29, 0.717) is 36.1 Å². The molecule has 27 heavy (non-hydrogen) atoms. The molecule has 1 rings (SSSR count). The van der Waals surface area contributed by atoms with Gasteiger partial charge >= 0.3 is 0 Å². The number of carbonyl (C=O) groups is 1. The summed E-state index contributed by atoms with van der Waals surface area (Å²) < 4.78 is 16.9. The molecule has 1 atom stereocenters. The number of carbonyl (C=O) groups excluding carboxylic acids is 1. The average molecular weight is 400 g/mol. The normalized spacial score (nSPS) is 13.9. The highest BCUT2D eigenvalue weighted by molar-refractivity contribution is 6.32. The van der Waals surface area contributed by atoms with Gasteiger partial charge in [0, 0.05) is 25.8 Å². The van der Waals surface area contributed by atoms with Crippen LogP contribution in [-0.2, 0) is 14.3 Å². The van der Waals surface area contributed by atoms with Crippen LogP contribution in [0.25, 0.3) is 0 Å². The van der Waals surface area contributed by atoms with Crippen LogP contribution in [0.2, 0.25) is 5.02 Å². The molecule has 154 valence electrons. The van der Waals surface area contributed by atoms with Crippen molar-refractivity contribution < 1.29 is 19.0 Å². The summed E-state index contributed by atoms with van der Waals surface area (Å²) in [7, 11) is 1.68. The fourth-order valence-electron chi connectivity index (χ4n) is 2.52. The number of amides is 1. The second-order valence-electron chi connectivity index (χ2n) is 7.49. The van der Waals surface area contributed by atoms with Crippen molar-refractivity contribution in [3.05, 3.63) is 23.2 Å². The molecule has 0 bridgehead atoms. The molecule has 0 spiro atoms. The molecule has 1 N–H and O–H groups in total. The molecule has 0 fully saturated rings. The van der Waals surface area contributed by atoms with Crippen LogP contribution in [0.1, 0.15) is 60.3 Å². The zero-order valence-electron chi connectivity index (χ0n) is 17.5. The third kappa shape index (κ3) is 7.68. The maximum absolute atomic E-state index is 12.7. The Morgan fingerprint density at radius 2 is 1.81 bits per heavy atom. The Morgan fingerprint density at radius 1 is 1.11 bits per heavy atom. The Kier molecular flexibility index (Phi) is 9.57. The first-order valence-electron chi connectivity index (χ1n) is 9.60. The predicted octanol–water partition coefficient (Wildman–Crippen LogP) is 5.46. The molecule has 0 radical (unpaired) electrons. The zero-order chi connectivity index (χ0) is 20.5. The summed E-state index contributed by atoms with van der Waals surface area (Å²) >= 11 is 6.32. The van der Waals surface area contributed by atoms with Crippen molar-refractivity contribution >= 4 is 23.2 Å². The highest BCUT2D eigenvalue weighted by Crippen LogP contribution is 2.29. The standard InChI is InChI=1S/C21H34ClNO4/c1-7-11-21(5,27-13-8-2)19(24)23-16-9-10-18(17(22)15-16)26-14-12-20(3,4)25-6/h9-10,15H,7-8,11-14H2,1-6H3,(H,23,24)/t21-/m0/s1. The van der Waals surface area contributed by atoms with Crippen molar-refractivity contribution in [2.24, 2.45) is 0 Å². The molecular weight excluding hydrogens is 366 g/mol. The van der Waals surface area contributed by atoms with Gasteiger partial charge < -0.3 is 19.5 Å². The van der Waals surface area contributed by atoms with Crippen molar-refractivity contribution in [2.45, 2.75) is 71.5 Å². The summed E-state index contributed by atoms with van der Waals surface area (Å²) in [6.07, 6.45) is 3.12. The Hall–Kier alpha value is -1.30. The van der Waals surface area contributed by atoms with Crippen LogP contribution in [0.15, 0.2) is 18.2 Å².